The molecular formula is C10H14N2S2. The zero-order chi connectivity index (χ0) is 10.6. The van der Waals surface area contributed by atoms with E-state index in [0.29, 0.717) is 0 Å². The molecule has 0 fully saturated rings. The van der Waals surface area contributed by atoms with Crippen molar-refractivity contribution in [2.24, 2.45) is 0 Å². The van der Waals surface area contributed by atoms with Crippen molar-refractivity contribution in [2.45, 2.75) is 39.0 Å². The molecule has 0 radical (unpaired) electrons. The van der Waals surface area contributed by atoms with E-state index in [-0.39, 0.29) is 0 Å². The number of hydrogen-bond donors (Lipinski definition) is 0. The summed E-state index contributed by atoms with van der Waals surface area (Å²) in [5, 5.41) is 22.7. The minimum absolute atomic E-state index is 0.924. The number of allylic oxidation sites excluding steroid dienone is 1. The molecular weight excluding hydrogens is 212 g/mol. The second kappa shape index (κ2) is 10.5. The molecule has 0 amide bonds. The summed E-state index contributed by atoms with van der Waals surface area (Å²) in [6, 6.07) is 0. The molecule has 0 unspecified atom stereocenters. The molecule has 0 aromatic carbocycles. The largest absolute Gasteiger partial charge is 0.185 e. The summed E-state index contributed by atoms with van der Waals surface area (Å²) in [7, 11) is 0. The Labute approximate surface area is 94.4 Å². The summed E-state index contributed by atoms with van der Waals surface area (Å²) in [5.74, 6) is 0. The van der Waals surface area contributed by atoms with E-state index in [1.165, 1.54) is 31.0 Å². The molecule has 0 atom stereocenters. The van der Waals surface area contributed by atoms with Crippen molar-refractivity contribution in [3.63, 3.8) is 0 Å². The standard InChI is InChI=1S/C10H14N2S2/c1-2-3-4-5-6-10(14-9-12)7-13-8-11/h7H,2-6H2,1H3/b10-7+. The van der Waals surface area contributed by atoms with Gasteiger partial charge in [0.25, 0.3) is 0 Å². The van der Waals surface area contributed by atoms with Crippen LogP contribution in [-0.4, -0.2) is 0 Å². The number of thioether (sulfide) groups is 2. The van der Waals surface area contributed by atoms with E-state index in [4.69, 9.17) is 10.5 Å². The number of nitrogens with zero attached hydrogens (tertiary/aromatic N) is 2. The molecule has 4 heteroatoms. The van der Waals surface area contributed by atoms with Gasteiger partial charge in [-0.2, -0.15) is 10.5 Å². The van der Waals surface area contributed by atoms with Crippen LogP contribution >= 0.6 is 23.5 Å². The predicted molar refractivity (Wildman–Crippen MR) is 63.3 cm³/mol. The van der Waals surface area contributed by atoms with Gasteiger partial charge in [0.2, 0.25) is 0 Å². The van der Waals surface area contributed by atoms with Gasteiger partial charge in [-0.15, -0.1) is 0 Å². The predicted octanol–water partition coefficient (Wildman–Crippen LogP) is 4.23. The molecule has 0 aromatic heterocycles. The normalized spacial score (nSPS) is 10.6. The van der Waals surface area contributed by atoms with Crippen molar-refractivity contribution < 1.29 is 0 Å². The topological polar surface area (TPSA) is 47.6 Å². The average Bonchev–Trinajstić information content (AvgIpc) is 2.20. The average molecular weight is 226 g/mol. The van der Waals surface area contributed by atoms with Gasteiger partial charge in [-0.1, -0.05) is 26.2 Å². The number of nitriles is 2. The van der Waals surface area contributed by atoms with Crippen molar-refractivity contribution in [2.75, 3.05) is 0 Å². The van der Waals surface area contributed by atoms with E-state index in [1.807, 2.05) is 10.8 Å². The summed E-state index contributed by atoms with van der Waals surface area (Å²) in [4.78, 5) is 1.01. The lowest BCUT2D eigenvalue weighted by Crippen LogP contribution is -1.79. The van der Waals surface area contributed by atoms with Gasteiger partial charge < -0.3 is 0 Å². The molecule has 14 heavy (non-hydrogen) atoms. The fraction of sp³-hybridized carbons (Fsp3) is 0.600. The highest BCUT2D eigenvalue weighted by molar-refractivity contribution is 8.10. The van der Waals surface area contributed by atoms with Gasteiger partial charge in [-0.25, -0.2) is 0 Å². The first kappa shape index (κ1) is 13.4. The first-order valence-corrected chi connectivity index (χ1v) is 6.34. The highest BCUT2D eigenvalue weighted by Gasteiger charge is 1.98. The van der Waals surface area contributed by atoms with Crippen LogP contribution < -0.4 is 0 Å². The Hall–Kier alpha value is -0.580. The summed E-state index contributed by atoms with van der Waals surface area (Å²) < 4.78 is 0. The van der Waals surface area contributed by atoms with Crippen LogP contribution in [0.4, 0.5) is 0 Å². The molecule has 0 heterocycles. The van der Waals surface area contributed by atoms with Crippen molar-refractivity contribution in [3.05, 3.63) is 10.3 Å². The van der Waals surface area contributed by atoms with Crippen LogP contribution in [0.2, 0.25) is 0 Å². The van der Waals surface area contributed by atoms with E-state index in [2.05, 4.69) is 6.92 Å². The maximum Gasteiger partial charge on any atom is 0.138 e. The highest BCUT2D eigenvalue weighted by Crippen LogP contribution is 2.24. The van der Waals surface area contributed by atoms with E-state index < -0.39 is 0 Å². The summed E-state index contributed by atoms with van der Waals surface area (Å²) in [6.07, 6.45) is 5.71. The number of thiocyanates is 2. The first-order valence-electron chi connectivity index (χ1n) is 4.64. The van der Waals surface area contributed by atoms with Crippen molar-refractivity contribution >= 4 is 23.5 Å². The Balaban J connectivity index is 3.75. The van der Waals surface area contributed by atoms with Crippen LogP contribution in [0.5, 0.6) is 0 Å². The summed E-state index contributed by atoms with van der Waals surface area (Å²) in [6.45, 7) is 2.17. The van der Waals surface area contributed by atoms with E-state index in [0.717, 1.165) is 29.5 Å². The summed E-state index contributed by atoms with van der Waals surface area (Å²) in [5.41, 5.74) is 0. The lowest BCUT2D eigenvalue weighted by atomic mass is 10.1. The maximum atomic E-state index is 8.52. The smallest absolute Gasteiger partial charge is 0.138 e. The quantitative estimate of drug-likeness (QED) is 0.481. The van der Waals surface area contributed by atoms with Gasteiger partial charge in [0.1, 0.15) is 10.8 Å². The molecule has 0 aliphatic rings. The highest BCUT2D eigenvalue weighted by atomic mass is 32.2. The third kappa shape index (κ3) is 8.04. The monoisotopic (exact) mass is 226 g/mol. The molecule has 0 saturated heterocycles. The van der Waals surface area contributed by atoms with E-state index in [9.17, 15) is 0 Å². The van der Waals surface area contributed by atoms with Crippen LogP contribution in [0.3, 0.4) is 0 Å². The molecule has 0 spiro atoms. The van der Waals surface area contributed by atoms with Crippen LogP contribution in [0.15, 0.2) is 10.3 Å². The molecule has 0 aromatic rings. The van der Waals surface area contributed by atoms with Gasteiger partial charge in [-0.3, -0.25) is 0 Å². The van der Waals surface area contributed by atoms with E-state index >= 15 is 0 Å². The SMILES string of the molecule is CCCCCC/C(=C\SC#N)SC#N. The minimum Gasteiger partial charge on any atom is -0.185 e. The van der Waals surface area contributed by atoms with Gasteiger partial charge in [0.15, 0.2) is 0 Å². The molecule has 0 aliphatic carbocycles. The fourth-order valence-corrected chi connectivity index (χ4v) is 2.01. The maximum absolute atomic E-state index is 8.52. The summed E-state index contributed by atoms with van der Waals surface area (Å²) >= 11 is 2.26. The third-order valence-corrected chi connectivity index (χ3v) is 3.03. The molecule has 0 N–H and O–H groups in total. The minimum atomic E-state index is 0.924. The molecule has 0 saturated carbocycles. The van der Waals surface area contributed by atoms with Crippen LogP contribution in [0, 0.1) is 21.3 Å². The van der Waals surface area contributed by atoms with Crippen LogP contribution in [0.1, 0.15) is 39.0 Å². The number of rotatable bonds is 7. The number of unbranched alkanes of at least 4 members (excludes halogenated alkanes) is 3. The number of hydrogen-bond acceptors (Lipinski definition) is 4. The first-order chi connectivity index (χ1) is 6.85. The zero-order valence-electron chi connectivity index (χ0n) is 8.32. The third-order valence-electron chi connectivity index (χ3n) is 1.70. The molecule has 0 rings (SSSR count). The second-order valence-electron chi connectivity index (χ2n) is 2.80. The molecule has 76 valence electrons. The Morgan fingerprint density at radius 1 is 1.21 bits per heavy atom. The Kier molecular flexibility index (Phi) is 10.1. The second-order valence-corrected chi connectivity index (χ2v) is 4.36. The van der Waals surface area contributed by atoms with Gasteiger partial charge in [0.05, 0.1) is 0 Å². The van der Waals surface area contributed by atoms with Crippen molar-refractivity contribution in [1.82, 2.24) is 0 Å². The lowest BCUT2D eigenvalue weighted by Gasteiger charge is -2.00. The van der Waals surface area contributed by atoms with E-state index in [1.54, 1.807) is 5.41 Å². The Morgan fingerprint density at radius 3 is 2.57 bits per heavy atom. The van der Waals surface area contributed by atoms with Crippen LogP contribution in [0.25, 0.3) is 0 Å². The molecule has 0 aliphatic heterocycles. The Morgan fingerprint density at radius 2 is 2.00 bits per heavy atom. The van der Waals surface area contributed by atoms with Crippen molar-refractivity contribution in [3.8, 4) is 10.8 Å². The van der Waals surface area contributed by atoms with Crippen LogP contribution in [-0.2, 0) is 0 Å². The van der Waals surface area contributed by atoms with Crippen molar-refractivity contribution in [1.29, 1.82) is 10.5 Å². The zero-order valence-corrected chi connectivity index (χ0v) is 9.96. The van der Waals surface area contributed by atoms with Gasteiger partial charge >= 0.3 is 0 Å². The fourth-order valence-electron chi connectivity index (χ4n) is 1.01. The molecule has 2 nitrogen and oxygen atoms in total. The van der Waals surface area contributed by atoms with Gasteiger partial charge in [0, 0.05) is 4.91 Å². The van der Waals surface area contributed by atoms with Gasteiger partial charge in [-0.05, 0) is 41.8 Å². The Bertz CT molecular complexity index is 248. The lowest BCUT2D eigenvalue weighted by molar-refractivity contribution is 0.672. The molecule has 0 bridgehead atoms.